The van der Waals surface area contributed by atoms with E-state index in [1.807, 2.05) is 0 Å². The second-order valence-electron chi connectivity index (χ2n) is 10.6. The summed E-state index contributed by atoms with van der Waals surface area (Å²) in [5.74, 6) is 0.614. The number of nitro groups is 1. The third-order valence-electron chi connectivity index (χ3n) is 7.95. The normalized spacial score (nSPS) is 34.0. The number of hydrogen-bond donors (Lipinski definition) is 2. The number of aliphatic hydroxyl groups excluding tert-OH is 1. The van der Waals surface area contributed by atoms with Crippen molar-refractivity contribution in [1.82, 2.24) is 9.62 Å². The minimum absolute atomic E-state index is 0.165. The number of β-amino-alcohol motifs (C(OH)–C–C–N with tert-alkyl or cyclic N) is 1. The number of nitrogens with zero attached hydrogens (tertiary/aromatic N) is 2. The van der Waals surface area contributed by atoms with Crippen LogP contribution < -0.4 is 5.32 Å². The Bertz CT molecular complexity index is 1100. The van der Waals surface area contributed by atoms with Crippen molar-refractivity contribution in [1.29, 1.82) is 0 Å². The second kappa shape index (κ2) is 8.82. The number of non-ortho nitro benzene ring substituents is 1. The molecule has 0 aromatic heterocycles. The van der Waals surface area contributed by atoms with Crippen LogP contribution in [0.3, 0.4) is 0 Å². The predicted octanol–water partition coefficient (Wildman–Crippen LogP) is 1.35. The maximum Gasteiger partial charge on any atom is 0.325 e. The molecule has 4 bridgehead atoms. The van der Waals surface area contributed by atoms with Crippen LogP contribution >= 0.6 is 0 Å². The first-order valence-electron chi connectivity index (χ1n) is 12.0. The van der Waals surface area contributed by atoms with Gasteiger partial charge in [-0.2, -0.15) is 4.31 Å². The molecular weight excluding hydrogens is 478 g/mol. The van der Waals surface area contributed by atoms with Gasteiger partial charge in [-0.05, 0) is 68.4 Å². The van der Waals surface area contributed by atoms with E-state index in [0.717, 1.165) is 47.8 Å². The number of amides is 1. The Morgan fingerprint density at radius 3 is 2.20 bits per heavy atom. The maximum absolute atomic E-state index is 13.1. The highest BCUT2D eigenvalue weighted by Gasteiger charge is 2.51. The third kappa shape index (κ3) is 4.66. The SMILES string of the molecule is O=C(COC(=O)[C@@H]1C[C@@H](O)CN1S(=O)(=O)c1ccc([N+](=O)[O-])cc1)NC12CC3CC(CC(C3)C1)C2. The molecule has 1 aromatic carbocycles. The van der Waals surface area contributed by atoms with Gasteiger partial charge in [0.05, 0.1) is 15.9 Å². The molecule has 1 amide bonds. The molecule has 0 spiro atoms. The summed E-state index contributed by atoms with van der Waals surface area (Å²) in [6, 6.07) is 2.99. The van der Waals surface area contributed by atoms with Crippen LogP contribution in [0.2, 0.25) is 0 Å². The smallest absolute Gasteiger partial charge is 0.325 e. The first-order valence-corrected chi connectivity index (χ1v) is 13.4. The van der Waals surface area contributed by atoms with Crippen molar-refractivity contribution in [3.8, 4) is 0 Å². The van der Waals surface area contributed by atoms with Crippen LogP contribution in [0.1, 0.15) is 44.9 Å². The molecule has 190 valence electrons. The number of carbonyl (C=O) groups is 2. The van der Waals surface area contributed by atoms with Crippen molar-refractivity contribution in [2.45, 2.75) is 67.5 Å². The molecular formula is C23H29N3O8S. The molecule has 4 aliphatic carbocycles. The van der Waals surface area contributed by atoms with E-state index in [2.05, 4.69) is 5.32 Å². The van der Waals surface area contributed by atoms with Gasteiger partial charge >= 0.3 is 5.97 Å². The lowest BCUT2D eigenvalue weighted by Gasteiger charge is -2.56. The lowest BCUT2D eigenvalue weighted by atomic mass is 9.53. The Balaban J connectivity index is 1.22. The molecule has 35 heavy (non-hydrogen) atoms. The molecule has 0 unspecified atom stereocenters. The monoisotopic (exact) mass is 507 g/mol. The highest BCUT2D eigenvalue weighted by atomic mass is 32.2. The fraction of sp³-hybridized carbons (Fsp3) is 0.652. The van der Waals surface area contributed by atoms with Gasteiger partial charge in [0.1, 0.15) is 6.04 Å². The molecule has 0 radical (unpaired) electrons. The fourth-order valence-corrected chi connectivity index (χ4v) is 8.59. The summed E-state index contributed by atoms with van der Waals surface area (Å²) in [6.07, 6.45) is 5.30. The topological polar surface area (TPSA) is 156 Å². The first kappa shape index (κ1) is 24.1. The standard InChI is InChI=1S/C23H29N3O8S/c27-18-8-20(25(12-18)35(32,33)19-3-1-17(2-4-19)26(30)31)22(29)34-13-21(28)24-23-9-14-5-15(10-23)7-16(6-14)11-23/h1-4,14-16,18,20,27H,5-13H2,(H,24,28)/t14?,15?,16?,18-,20+,23?/m1/s1. The van der Waals surface area contributed by atoms with E-state index in [4.69, 9.17) is 4.74 Å². The summed E-state index contributed by atoms with van der Waals surface area (Å²) in [5.41, 5.74) is -0.501. The van der Waals surface area contributed by atoms with Crippen LogP contribution in [-0.4, -0.2) is 65.5 Å². The summed E-state index contributed by atoms with van der Waals surface area (Å²) < 4.78 is 32.2. The molecule has 1 saturated heterocycles. The summed E-state index contributed by atoms with van der Waals surface area (Å²) >= 11 is 0. The van der Waals surface area contributed by atoms with E-state index >= 15 is 0 Å². The van der Waals surface area contributed by atoms with Crippen LogP contribution in [0, 0.1) is 27.9 Å². The van der Waals surface area contributed by atoms with Crippen LogP contribution in [-0.2, 0) is 24.3 Å². The minimum atomic E-state index is -4.23. The minimum Gasteiger partial charge on any atom is -0.454 e. The molecule has 4 saturated carbocycles. The number of rotatable bonds is 7. The Labute approximate surface area is 203 Å². The van der Waals surface area contributed by atoms with Gasteiger partial charge in [0.2, 0.25) is 10.0 Å². The van der Waals surface area contributed by atoms with Crippen molar-refractivity contribution < 1.29 is 32.8 Å². The molecule has 6 rings (SSSR count). The zero-order valence-corrected chi connectivity index (χ0v) is 20.0. The van der Waals surface area contributed by atoms with E-state index < -0.39 is 45.6 Å². The average Bonchev–Trinajstić information content (AvgIpc) is 3.19. The van der Waals surface area contributed by atoms with Gasteiger partial charge in [-0.1, -0.05) is 0 Å². The number of hydrogen-bond acceptors (Lipinski definition) is 8. The van der Waals surface area contributed by atoms with Crippen LogP contribution in [0.5, 0.6) is 0 Å². The van der Waals surface area contributed by atoms with Crippen molar-refractivity contribution in [2.75, 3.05) is 13.2 Å². The molecule has 12 heteroatoms. The number of benzene rings is 1. The van der Waals surface area contributed by atoms with E-state index in [1.54, 1.807) is 0 Å². The van der Waals surface area contributed by atoms with Gasteiger partial charge in [-0.15, -0.1) is 0 Å². The fourth-order valence-electron chi connectivity index (χ4n) is 6.97. The van der Waals surface area contributed by atoms with Crippen LogP contribution in [0.15, 0.2) is 29.2 Å². The highest BCUT2D eigenvalue weighted by Crippen LogP contribution is 2.55. The van der Waals surface area contributed by atoms with Gasteiger partial charge in [0, 0.05) is 30.6 Å². The van der Waals surface area contributed by atoms with Crippen LogP contribution in [0.25, 0.3) is 0 Å². The quantitative estimate of drug-likeness (QED) is 0.318. The van der Waals surface area contributed by atoms with E-state index in [9.17, 15) is 33.2 Å². The molecule has 5 fully saturated rings. The molecule has 2 atom stereocenters. The molecule has 2 N–H and O–H groups in total. The van der Waals surface area contributed by atoms with Gasteiger partial charge in [-0.3, -0.25) is 19.7 Å². The highest BCUT2D eigenvalue weighted by molar-refractivity contribution is 7.89. The lowest BCUT2D eigenvalue weighted by Crippen LogP contribution is -2.60. The summed E-state index contributed by atoms with van der Waals surface area (Å²) in [6.45, 7) is -0.836. The Morgan fingerprint density at radius 2 is 1.66 bits per heavy atom. The maximum atomic E-state index is 13.1. The number of esters is 1. The number of carbonyl (C=O) groups excluding carboxylic acids is 2. The molecule has 1 heterocycles. The lowest BCUT2D eigenvalue weighted by molar-refractivity contribution is -0.384. The van der Waals surface area contributed by atoms with Crippen molar-refractivity contribution in [3.05, 3.63) is 34.4 Å². The van der Waals surface area contributed by atoms with E-state index in [-0.39, 0.29) is 29.1 Å². The Kier molecular flexibility index (Phi) is 6.09. The molecule has 5 aliphatic rings. The summed E-state index contributed by atoms with van der Waals surface area (Å²) in [5, 5.41) is 24.0. The van der Waals surface area contributed by atoms with Crippen molar-refractivity contribution in [3.63, 3.8) is 0 Å². The summed E-state index contributed by atoms with van der Waals surface area (Å²) in [7, 11) is -4.23. The Morgan fingerprint density at radius 1 is 1.09 bits per heavy atom. The van der Waals surface area contributed by atoms with Gasteiger partial charge < -0.3 is 15.2 Å². The van der Waals surface area contributed by atoms with Crippen molar-refractivity contribution in [2.24, 2.45) is 17.8 Å². The molecule has 1 aliphatic heterocycles. The third-order valence-corrected chi connectivity index (χ3v) is 9.84. The summed E-state index contributed by atoms with van der Waals surface area (Å²) in [4.78, 5) is 35.4. The number of sulfonamides is 1. The van der Waals surface area contributed by atoms with Crippen molar-refractivity contribution >= 4 is 27.6 Å². The Hall–Kier alpha value is -2.57. The molecule has 1 aromatic rings. The van der Waals surface area contributed by atoms with Crippen LogP contribution in [0.4, 0.5) is 5.69 Å². The van der Waals surface area contributed by atoms with E-state index in [1.165, 1.54) is 19.3 Å². The number of ether oxygens (including phenoxy) is 1. The first-order chi connectivity index (χ1) is 16.5. The van der Waals surface area contributed by atoms with Gasteiger partial charge in [-0.25, -0.2) is 8.42 Å². The number of nitro benzene ring substituents is 1. The van der Waals surface area contributed by atoms with E-state index in [0.29, 0.717) is 17.8 Å². The predicted molar refractivity (Wildman–Crippen MR) is 121 cm³/mol. The van der Waals surface area contributed by atoms with Gasteiger partial charge in [0.15, 0.2) is 6.61 Å². The largest absolute Gasteiger partial charge is 0.454 e. The number of nitrogens with one attached hydrogen (secondary N) is 1. The van der Waals surface area contributed by atoms with Gasteiger partial charge in [0.25, 0.3) is 11.6 Å². The second-order valence-corrected chi connectivity index (χ2v) is 12.5. The zero-order chi connectivity index (χ0) is 25.0. The average molecular weight is 508 g/mol. The zero-order valence-electron chi connectivity index (χ0n) is 19.2. The number of aliphatic hydroxyl groups is 1. The molecule has 11 nitrogen and oxygen atoms in total.